The number of carbonyl (C=O) groups is 1. The predicted molar refractivity (Wildman–Crippen MR) is 122 cm³/mol. The van der Waals surface area contributed by atoms with E-state index in [2.05, 4.69) is 4.72 Å². The molecule has 1 fully saturated rings. The number of fused-ring (bicyclic) bond motifs is 1. The average Bonchev–Trinajstić information content (AvgIpc) is 3.14. The highest BCUT2D eigenvalue weighted by Gasteiger charge is 2.31. The van der Waals surface area contributed by atoms with Crippen LogP contribution >= 0.6 is 11.6 Å². The number of aryl methyl sites for hydroxylation is 1. The molecule has 4 rings (SSSR count). The van der Waals surface area contributed by atoms with Gasteiger partial charge in [0.2, 0.25) is 15.9 Å². The third-order valence-corrected chi connectivity index (χ3v) is 7.67. The van der Waals surface area contributed by atoms with Crippen molar-refractivity contribution in [1.82, 2.24) is 9.47 Å². The molecular formula is C22H26ClN3O3S. The molecule has 0 radical (unpaired) electrons. The van der Waals surface area contributed by atoms with Crippen molar-refractivity contribution in [3.8, 4) is 0 Å². The van der Waals surface area contributed by atoms with E-state index in [1.165, 1.54) is 0 Å². The Morgan fingerprint density at radius 2 is 1.83 bits per heavy atom. The highest BCUT2D eigenvalue weighted by atomic mass is 35.5. The monoisotopic (exact) mass is 447 g/mol. The summed E-state index contributed by atoms with van der Waals surface area (Å²) in [7, 11) is -3.46. The lowest BCUT2D eigenvalue weighted by Gasteiger charge is -2.32. The third kappa shape index (κ3) is 4.63. The number of para-hydroxylation sites is 1. The van der Waals surface area contributed by atoms with Gasteiger partial charge in [-0.3, -0.25) is 9.52 Å². The zero-order valence-corrected chi connectivity index (χ0v) is 18.1. The Labute approximate surface area is 183 Å². The van der Waals surface area contributed by atoms with Crippen LogP contribution in [0.5, 0.6) is 0 Å². The van der Waals surface area contributed by atoms with Crippen LogP contribution in [0, 0.1) is 0 Å². The van der Waals surface area contributed by atoms with Gasteiger partial charge in [-0.2, -0.15) is 0 Å². The van der Waals surface area contributed by atoms with E-state index in [0.717, 1.165) is 10.9 Å². The summed E-state index contributed by atoms with van der Waals surface area (Å²) in [5, 5.41) is 1.25. The third-order valence-electron chi connectivity index (χ3n) is 5.57. The molecule has 8 heteroatoms. The zero-order chi connectivity index (χ0) is 21.1. The highest BCUT2D eigenvalue weighted by molar-refractivity contribution is 7.93. The van der Waals surface area contributed by atoms with Gasteiger partial charge in [-0.25, -0.2) is 8.42 Å². The van der Waals surface area contributed by atoms with E-state index in [0.29, 0.717) is 49.6 Å². The Morgan fingerprint density at radius 1 is 1.10 bits per heavy atom. The van der Waals surface area contributed by atoms with Crippen molar-refractivity contribution in [1.29, 1.82) is 0 Å². The molecule has 2 aromatic carbocycles. The summed E-state index contributed by atoms with van der Waals surface area (Å²) in [5.74, 6) is 0.0534. The molecule has 0 atom stereocenters. The number of hydrogen-bond donors (Lipinski definition) is 1. The molecular weight excluding hydrogens is 422 g/mol. The summed E-state index contributed by atoms with van der Waals surface area (Å²) in [4.78, 5) is 14.4. The maximum atomic E-state index is 12.7. The molecule has 1 aromatic heterocycles. The van der Waals surface area contributed by atoms with Crippen LogP contribution in [-0.2, 0) is 21.4 Å². The summed E-state index contributed by atoms with van der Waals surface area (Å²) >= 11 is 6.03. The number of amides is 1. The molecule has 3 aromatic rings. The van der Waals surface area contributed by atoms with Gasteiger partial charge in [0.1, 0.15) is 0 Å². The Kier molecular flexibility index (Phi) is 6.01. The first-order chi connectivity index (χ1) is 14.4. The lowest BCUT2D eigenvalue weighted by Crippen LogP contribution is -2.44. The van der Waals surface area contributed by atoms with Gasteiger partial charge in [0.25, 0.3) is 0 Å². The van der Waals surface area contributed by atoms with Crippen molar-refractivity contribution >= 4 is 44.1 Å². The van der Waals surface area contributed by atoms with Crippen LogP contribution in [0.4, 0.5) is 5.69 Å². The van der Waals surface area contributed by atoms with E-state index in [-0.39, 0.29) is 7.33 Å². The van der Waals surface area contributed by atoms with Crippen molar-refractivity contribution in [2.75, 3.05) is 17.8 Å². The van der Waals surface area contributed by atoms with Gasteiger partial charge in [-0.05, 0) is 49.2 Å². The van der Waals surface area contributed by atoms with Crippen LogP contribution < -0.4 is 4.72 Å². The number of hydrogen-bond acceptors (Lipinski definition) is 3. The summed E-state index contributed by atoms with van der Waals surface area (Å²) in [6, 6.07) is 16.6. The van der Waals surface area contributed by atoms with Gasteiger partial charge in [0.05, 0.1) is 5.25 Å². The number of nitrogens with zero attached hydrogens (tertiary/aromatic N) is 2. The van der Waals surface area contributed by atoms with Crippen molar-refractivity contribution in [3.05, 3.63) is 65.8 Å². The number of sulfonamides is 1. The topological polar surface area (TPSA) is 71.4 Å². The minimum absolute atomic E-state index is 0. The van der Waals surface area contributed by atoms with Crippen LogP contribution in [0.15, 0.2) is 60.8 Å². The second kappa shape index (κ2) is 8.70. The largest absolute Gasteiger partial charge is 0.347 e. The Balaban J connectivity index is 0.00000272. The molecule has 0 bridgehead atoms. The van der Waals surface area contributed by atoms with Gasteiger partial charge < -0.3 is 9.47 Å². The molecule has 1 aliphatic heterocycles. The fourth-order valence-corrected chi connectivity index (χ4v) is 5.55. The number of carbonyl (C=O) groups excluding carboxylic acids is 1. The molecule has 0 unspecified atom stereocenters. The van der Waals surface area contributed by atoms with Gasteiger partial charge in [0, 0.05) is 55.3 Å². The average molecular weight is 448 g/mol. The number of aromatic nitrogens is 1. The standard InChI is InChI=1S/C22H24ClN3O3S.H2/c23-18-6-7-21-17(16-18)8-12-25(21)15-11-22(27)26-13-9-20(10-14-26)30(28,29)24-19-4-2-1-3-5-19;/h1-8,12,16,20,24H,9-11,13-15H2;1H. The summed E-state index contributed by atoms with van der Waals surface area (Å²) in [6.07, 6.45) is 3.23. The SMILES string of the molecule is O=C(CCn1ccc2cc(Cl)ccc21)N1CCC(S(=O)(=O)Nc2ccccc2)CC1.[HH]. The molecule has 1 saturated heterocycles. The van der Waals surface area contributed by atoms with Crippen molar-refractivity contribution in [2.45, 2.75) is 31.1 Å². The van der Waals surface area contributed by atoms with E-state index in [9.17, 15) is 13.2 Å². The maximum absolute atomic E-state index is 12.7. The fraction of sp³-hybridized carbons (Fsp3) is 0.318. The minimum atomic E-state index is -3.46. The van der Waals surface area contributed by atoms with E-state index in [1.807, 2.05) is 41.1 Å². The first kappa shape index (κ1) is 20.8. The second-order valence-corrected chi connectivity index (χ2v) is 9.95. The lowest BCUT2D eigenvalue weighted by molar-refractivity contribution is -0.132. The van der Waals surface area contributed by atoms with E-state index in [1.54, 1.807) is 29.2 Å². The summed E-state index contributed by atoms with van der Waals surface area (Å²) < 4.78 is 30.0. The minimum Gasteiger partial charge on any atom is -0.347 e. The molecule has 160 valence electrons. The number of anilines is 1. The fourth-order valence-electron chi connectivity index (χ4n) is 3.91. The lowest BCUT2D eigenvalue weighted by atomic mass is 10.1. The van der Waals surface area contributed by atoms with Gasteiger partial charge in [-0.15, -0.1) is 0 Å². The zero-order valence-electron chi connectivity index (χ0n) is 16.5. The molecule has 6 nitrogen and oxygen atoms in total. The van der Waals surface area contributed by atoms with Crippen LogP contribution in [0.1, 0.15) is 20.7 Å². The Bertz CT molecular complexity index is 1140. The molecule has 2 heterocycles. The maximum Gasteiger partial charge on any atom is 0.235 e. The Hall–Kier alpha value is -2.51. The molecule has 0 saturated carbocycles. The number of nitrogens with one attached hydrogen (secondary N) is 1. The van der Waals surface area contributed by atoms with Gasteiger partial charge >= 0.3 is 0 Å². The first-order valence-electron chi connectivity index (χ1n) is 10.0. The molecule has 1 aliphatic rings. The van der Waals surface area contributed by atoms with E-state index < -0.39 is 15.3 Å². The smallest absolute Gasteiger partial charge is 0.235 e. The number of rotatable bonds is 6. The summed E-state index contributed by atoms with van der Waals surface area (Å²) in [5.41, 5.74) is 1.61. The molecule has 0 spiro atoms. The number of piperidine rings is 1. The van der Waals surface area contributed by atoms with Crippen molar-refractivity contribution in [3.63, 3.8) is 0 Å². The van der Waals surface area contributed by atoms with Crippen LogP contribution in [0.3, 0.4) is 0 Å². The van der Waals surface area contributed by atoms with Gasteiger partial charge in [0.15, 0.2) is 0 Å². The van der Waals surface area contributed by atoms with E-state index >= 15 is 0 Å². The van der Waals surface area contributed by atoms with Crippen molar-refractivity contribution < 1.29 is 14.6 Å². The van der Waals surface area contributed by atoms with Gasteiger partial charge in [-0.1, -0.05) is 29.8 Å². The summed E-state index contributed by atoms with van der Waals surface area (Å²) in [6.45, 7) is 1.50. The van der Waals surface area contributed by atoms with Crippen LogP contribution in [0.25, 0.3) is 10.9 Å². The predicted octanol–water partition coefficient (Wildman–Crippen LogP) is 4.36. The number of halogens is 1. The van der Waals surface area contributed by atoms with Crippen LogP contribution in [-0.4, -0.2) is 42.1 Å². The number of benzene rings is 2. The van der Waals surface area contributed by atoms with Crippen LogP contribution in [0.2, 0.25) is 5.02 Å². The highest BCUT2D eigenvalue weighted by Crippen LogP contribution is 2.23. The number of likely N-dealkylation sites (tertiary alicyclic amines) is 1. The first-order valence-corrected chi connectivity index (χ1v) is 11.9. The van der Waals surface area contributed by atoms with E-state index in [4.69, 9.17) is 11.6 Å². The Morgan fingerprint density at radius 3 is 2.57 bits per heavy atom. The molecule has 0 aliphatic carbocycles. The molecule has 30 heavy (non-hydrogen) atoms. The normalized spacial score (nSPS) is 15.4. The molecule has 1 N–H and O–H groups in total. The van der Waals surface area contributed by atoms with Crippen molar-refractivity contribution in [2.24, 2.45) is 0 Å². The molecule has 1 amide bonds. The quantitative estimate of drug-likeness (QED) is 0.610. The second-order valence-electron chi connectivity index (χ2n) is 7.56.